The van der Waals surface area contributed by atoms with Gasteiger partial charge in [0.15, 0.2) is 0 Å². The van der Waals surface area contributed by atoms with E-state index in [2.05, 4.69) is 0 Å². The van der Waals surface area contributed by atoms with Gasteiger partial charge in [-0.15, -0.1) is 0 Å². The Bertz CT molecular complexity index is 510. The Balaban J connectivity index is 2.19. The van der Waals surface area contributed by atoms with Gasteiger partial charge in [0.25, 0.3) is 0 Å². The molecule has 1 aliphatic rings. The molecule has 1 fully saturated rings. The van der Waals surface area contributed by atoms with Crippen molar-refractivity contribution in [2.75, 3.05) is 33.9 Å². The lowest BCUT2D eigenvalue weighted by molar-refractivity contribution is -0.135. The molecule has 5 nitrogen and oxygen atoms in total. The number of nitrogens with zero attached hydrogens (tertiary/aromatic N) is 1. The normalized spacial score (nSPS) is 22.5. The first-order chi connectivity index (χ1) is 10.1. The summed E-state index contributed by atoms with van der Waals surface area (Å²) in [6, 6.07) is 4.36. The van der Waals surface area contributed by atoms with Crippen LogP contribution in [0.3, 0.4) is 0 Å². The third-order valence-electron chi connectivity index (χ3n) is 3.87. The van der Waals surface area contributed by atoms with Gasteiger partial charge in [0.1, 0.15) is 11.6 Å². The molecule has 2 N–H and O–H groups in total. The molecule has 0 aliphatic carbocycles. The first-order valence-electron chi connectivity index (χ1n) is 6.92. The number of methoxy groups -OCH3 is 2. The van der Waals surface area contributed by atoms with E-state index in [-0.39, 0.29) is 30.1 Å². The highest BCUT2D eigenvalue weighted by Crippen LogP contribution is 2.30. The minimum absolute atomic E-state index is 0.00952. The van der Waals surface area contributed by atoms with Crippen LogP contribution in [0.25, 0.3) is 0 Å². The van der Waals surface area contributed by atoms with Crippen molar-refractivity contribution in [2.45, 2.75) is 18.4 Å². The van der Waals surface area contributed by atoms with Crippen molar-refractivity contribution in [1.29, 1.82) is 0 Å². The summed E-state index contributed by atoms with van der Waals surface area (Å²) in [4.78, 5) is 13.6. The fourth-order valence-electron chi connectivity index (χ4n) is 2.63. The summed E-state index contributed by atoms with van der Waals surface area (Å²) < 4.78 is 24.2. The fourth-order valence-corrected chi connectivity index (χ4v) is 2.63. The molecule has 1 heterocycles. The van der Waals surface area contributed by atoms with Gasteiger partial charge in [0.05, 0.1) is 13.7 Å². The molecule has 0 radical (unpaired) electrons. The van der Waals surface area contributed by atoms with E-state index in [0.717, 1.165) is 0 Å². The smallest absolute Gasteiger partial charge is 0.224 e. The Kier molecular flexibility index (Phi) is 5.14. The maximum Gasteiger partial charge on any atom is 0.224 e. The van der Waals surface area contributed by atoms with Gasteiger partial charge in [-0.05, 0) is 11.6 Å². The Labute approximate surface area is 123 Å². The number of likely N-dealkylation sites (tertiary alicyclic amines) is 1. The molecule has 1 aromatic rings. The molecule has 2 rings (SSSR count). The number of amides is 1. The molecule has 0 bridgehead atoms. The van der Waals surface area contributed by atoms with Gasteiger partial charge in [0.2, 0.25) is 5.91 Å². The van der Waals surface area contributed by atoms with Gasteiger partial charge in [-0.3, -0.25) is 4.79 Å². The molecule has 1 aliphatic heterocycles. The van der Waals surface area contributed by atoms with Gasteiger partial charge < -0.3 is 20.1 Å². The quantitative estimate of drug-likeness (QED) is 0.884. The maximum absolute atomic E-state index is 14.2. The number of rotatable bonds is 5. The van der Waals surface area contributed by atoms with E-state index in [9.17, 15) is 9.18 Å². The van der Waals surface area contributed by atoms with Gasteiger partial charge in [-0.1, -0.05) is 6.07 Å². The number of ether oxygens (including phenoxy) is 2. The summed E-state index contributed by atoms with van der Waals surface area (Å²) >= 11 is 0. The van der Waals surface area contributed by atoms with Gasteiger partial charge in [-0.25, -0.2) is 4.39 Å². The fraction of sp³-hybridized carbons (Fsp3) is 0.533. The summed E-state index contributed by atoms with van der Waals surface area (Å²) in [5.41, 5.74) is 6.58. The van der Waals surface area contributed by atoms with E-state index in [1.807, 2.05) is 0 Å². The van der Waals surface area contributed by atoms with Crippen molar-refractivity contribution in [3.63, 3.8) is 0 Å². The van der Waals surface area contributed by atoms with E-state index in [0.29, 0.717) is 31.0 Å². The summed E-state index contributed by atoms with van der Waals surface area (Å²) in [6.07, 6.45) is 0.222. The largest absolute Gasteiger partial charge is 0.497 e. The van der Waals surface area contributed by atoms with Crippen molar-refractivity contribution >= 4 is 5.91 Å². The van der Waals surface area contributed by atoms with Crippen LogP contribution in [-0.2, 0) is 9.53 Å². The summed E-state index contributed by atoms with van der Waals surface area (Å²) in [6.45, 7) is 1.36. The lowest BCUT2D eigenvalue weighted by Crippen LogP contribution is -2.50. The van der Waals surface area contributed by atoms with Crippen molar-refractivity contribution in [3.8, 4) is 5.75 Å². The highest BCUT2D eigenvalue weighted by Gasteiger charge is 2.34. The molecule has 6 heteroatoms. The number of hydrogen-bond donors (Lipinski definition) is 1. The summed E-state index contributed by atoms with van der Waals surface area (Å²) in [5.74, 6) is -0.112. The van der Waals surface area contributed by atoms with Crippen LogP contribution in [-0.4, -0.2) is 50.8 Å². The molecule has 2 atom stereocenters. The van der Waals surface area contributed by atoms with E-state index in [1.165, 1.54) is 13.2 Å². The molecular formula is C15H21FN2O3. The van der Waals surface area contributed by atoms with Crippen molar-refractivity contribution in [2.24, 2.45) is 5.73 Å². The lowest BCUT2D eigenvalue weighted by Gasteiger charge is -2.37. The van der Waals surface area contributed by atoms with Crippen LogP contribution in [0.2, 0.25) is 0 Å². The first kappa shape index (κ1) is 15.7. The molecule has 1 amide bonds. The zero-order chi connectivity index (χ0) is 15.4. The van der Waals surface area contributed by atoms with Crippen molar-refractivity contribution in [3.05, 3.63) is 29.6 Å². The molecule has 1 saturated heterocycles. The summed E-state index contributed by atoms with van der Waals surface area (Å²) in [5, 5.41) is 0. The second-order valence-corrected chi connectivity index (χ2v) is 5.19. The van der Waals surface area contributed by atoms with Crippen LogP contribution < -0.4 is 10.5 Å². The van der Waals surface area contributed by atoms with Gasteiger partial charge >= 0.3 is 0 Å². The second kappa shape index (κ2) is 6.87. The highest BCUT2D eigenvalue weighted by atomic mass is 19.1. The Morgan fingerprint density at radius 3 is 2.81 bits per heavy atom. The minimum atomic E-state index is -0.376. The SMILES string of the molecule is COCCN1CC(c2ccc(OC)cc2F)C(N)CC1=O. The standard InChI is InChI=1S/C15H21FN2O3/c1-20-6-5-18-9-12(14(17)8-15(18)19)11-4-3-10(21-2)7-13(11)16/h3-4,7,12,14H,5-6,8-9,17H2,1-2H3. The zero-order valence-corrected chi connectivity index (χ0v) is 12.3. The maximum atomic E-state index is 14.2. The molecule has 0 aromatic heterocycles. The number of carbonyl (C=O) groups is 1. The zero-order valence-electron chi connectivity index (χ0n) is 12.3. The monoisotopic (exact) mass is 296 g/mol. The molecular weight excluding hydrogens is 275 g/mol. The van der Waals surface area contributed by atoms with Crippen molar-refractivity contribution < 1.29 is 18.7 Å². The predicted octanol–water partition coefficient (Wildman–Crippen LogP) is 1.12. The van der Waals surface area contributed by atoms with Crippen LogP contribution in [0, 0.1) is 5.82 Å². The number of halogens is 1. The number of nitrogens with two attached hydrogens (primary N) is 1. The van der Waals surface area contributed by atoms with Gasteiger partial charge in [0, 0.05) is 44.6 Å². The average Bonchev–Trinajstić information content (AvgIpc) is 2.47. The first-order valence-corrected chi connectivity index (χ1v) is 6.92. The molecule has 2 unspecified atom stereocenters. The van der Waals surface area contributed by atoms with Crippen LogP contribution in [0.5, 0.6) is 5.75 Å². The number of piperidine rings is 1. The number of benzene rings is 1. The van der Waals surface area contributed by atoms with Crippen LogP contribution in [0.1, 0.15) is 17.9 Å². The third-order valence-corrected chi connectivity index (χ3v) is 3.87. The van der Waals surface area contributed by atoms with Crippen molar-refractivity contribution in [1.82, 2.24) is 4.90 Å². The second-order valence-electron chi connectivity index (χ2n) is 5.19. The lowest BCUT2D eigenvalue weighted by atomic mass is 9.86. The topological polar surface area (TPSA) is 64.8 Å². The molecule has 21 heavy (non-hydrogen) atoms. The third kappa shape index (κ3) is 3.51. The van der Waals surface area contributed by atoms with Crippen LogP contribution in [0.4, 0.5) is 4.39 Å². The number of carbonyl (C=O) groups excluding carboxylic acids is 1. The minimum Gasteiger partial charge on any atom is -0.497 e. The summed E-state index contributed by atoms with van der Waals surface area (Å²) in [7, 11) is 3.08. The Morgan fingerprint density at radius 1 is 1.43 bits per heavy atom. The Morgan fingerprint density at radius 2 is 2.19 bits per heavy atom. The number of hydrogen-bond acceptors (Lipinski definition) is 4. The van der Waals surface area contributed by atoms with E-state index in [4.69, 9.17) is 15.2 Å². The van der Waals surface area contributed by atoms with E-state index in [1.54, 1.807) is 24.1 Å². The molecule has 0 saturated carbocycles. The Hall–Kier alpha value is -1.66. The molecule has 1 aromatic carbocycles. The molecule has 0 spiro atoms. The van der Waals surface area contributed by atoms with E-state index < -0.39 is 0 Å². The predicted molar refractivity (Wildman–Crippen MR) is 76.7 cm³/mol. The average molecular weight is 296 g/mol. The van der Waals surface area contributed by atoms with Gasteiger partial charge in [-0.2, -0.15) is 0 Å². The molecule has 116 valence electrons. The highest BCUT2D eigenvalue weighted by molar-refractivity contribution is 5.78. The van der Waals surface area contributed by atoms with Crippen LogP contribution in [0.15, 0.2) is 18.2 Å². The van der Waals surface area contributed by atoms with E-state index >= 15 is 0 Å². The van der Waals surface area contributed by atoms with Crippen LogP contribution >= 0.6 is 0 Å².